The molecule has 10 nitrogen and oxygen atoms in total. The van der Waals surface area contributed by atoms with E-state index in [4.69, 9.17) is 15.2 Å². The Hall–Kier alpha value is -4.65. The van der Waals surface area contributed by atoms with E-state index in [2.05, 4.69) is 32.1 Å². The lowest BCUT2D eigenvalue weighted by Gasteiger charge is -2.43. The van der Waals surface area contributed by atoms with E-state index in [1.54, 1.807) is 13.0 Å². The lowest BCUT2D eigenvalue weighted by molar-refractivity contribution is -0.0000698. The van der Waals surface area contributed by atoms with Crippen molar-refractivity contribution in [2.45, 2.75) is 38.3 Å². The van der Waals surface area contributed by atoms with Crippen molar-refractivity contribution in [3.05, 3.63) is 94.4 Å². The largest absolute Gasteiger partial charge is 0.433 e. The zero-order valence-corrected chi connectivity index (χ0v) is 24.6. The summed E-state index contributed by atoms with van der Waals surface area (Å²) in [4.78, 5) is 23.5. The molecule has 0 saturated carbocycles. The van der Waals surface area contributed by atoms with Crippen molar-refractivity contribution in [1.29, 1.82) is 0 Å². The van der Waals surface area contributed by atoms with Gasteiger partial charge in [0.2, 0.25) is 17.4 Å². The highest BCUT2D eigenvalue weighted by Crippen LogP contribution is 2.36. The Labute approximate surface area is 257 Å². The molecule has 1 atom stereocenters. The maximum Gasteiger partial charge on any atom is 0.219 e. The van der Waals surface area contributed by atoms with Crippen molar-refractivity contribution < 1.29 is 28.2 Å². The van der Waals surface area contributed by atoms with E-state index in [0.29, 0.717) is 23.0 Å². The summed E-state index contributed by atoms with van der Waals surface area (Å²) < 4.78 is 40.4. The van der Waals surface area contributed by atoms with Gasteiger partial charge in [-0.1, -0.05) is 6.07 Å². The summed E-state index contributed by atoms with van der Waals surface area (Å²) in [5.74, 6) is -2.46. The maximum absolute atomic E-state index is 14.0. The number of halogens is 2. The first kappa shape index (κ1) is 29.1. The van der Waals surface area contributed by atoms with Crippen molar-refractivity contribution in [2.24, 2.45) is 0 Å². The molecule has 0 bridgehead atoms. The fourth-order valence-corrected chi connectivity index (χ4v) is 6.49. The Balaban J connectivity index is 1.14. The maximum atomic E-state index is 14.0. The number of nitrogens with zero attached hydrogens (tertiary/aromatic N) is 4. The number of benzene rings is 2. The highest BCUT2D eigenvalue weighted by molar-refractivity contribution is 6.12. The summed E-state index contributed by atoms with van der Waals surface area (Å²) in [6.45, 7) is 4.09. The van der Waals surface area contributed by atoms with Crippen LogP contribution >= 0.6 is 0 Å². The highest BCUT2D eigenvalue weighted by Gasteiger charge is 2.33. The highest BCUT2D eigenvalue weighted by atomic mass is 19.1. The number of ketones is 1. The van der Waals surface area contributed by atoms with Crippen LogP contribution in [-0.4, -0.2) is 67.9 Å². The number of H-pyrrole nitrogens is 1. The summed E-state index contributed by atoms with van der Waals surface area (Å²) in [5, 5.41) is 15.6. The predicted octanol–water partition coefficient (Wildman–Crippen LogP) is 5.01. The van der Waals surface area contributed by atoms with Crippen molar-refractivity contribution in [2.75, 3.05) is 32.1 Å². The minimum absolute atomic E-state index is 0.0117. The van der Waals surface area contributed by atoms with Gasteiger partial charge >= 0.3 is 0 Å². The number of carbonyl (C=O) groups excluding carboxylic acids is 1. The van der Waals surface area contributed by atoms with Crippen LogP contribution < -0.4 is 10.5 Å². The number of hydrogen-bond acceptors (Lipinski definition) is 8. The third-order valence-corrected chi connectivity index (χ3v) is 8.82. The van der Waals surface area contributed by atoms with Gasteiger partial charge in [-0.25, -0.2) is 18.4 Å². The Morgan fingerprint density at radius 2 is 1.93 bits per heavy atom. The number of aromatic nitrogens is 4. The molecule has 5 aromatic rings. The van der Waals surface area contributed by atoms with Crippen molar-refractivity contribution >= 4 is 22.5 Å². The Morgan fingerprint density at radius 1 is 1.16 bits per heavy atom. The summed E-state index contributed by atoms with van der Waals surface area (Å²) in [6.07, 6.45) is 5.57. The van der Waals surface area contributed by atoms with Crippen LogP contribution in [0.25, 0.3) is 16.6 Å². The molecule has 232 valence electrons. The lowest BCUT2D eigenvalue weighted by atomic mass is 9.89. The van der Waals surface area contributed by atoms with Gasteiger partial charge in [0.05, 0.1) is 42.0 Å². The molecule has 7 rings (SSSR count). The van der Waals surface area contributed by atoms with Crippen molar-refractivity contribution in [1.82, 2.24) is 24.6 Å². The molecule has 1 saturated heterocycles. The van der Waals surface area contributed by atoms with Crippen LogP contribution in [0.1, 0.15) is 51.6 Å². The van der Waals surface area contributed by atoms with Crippen LogP contribution in [0.2, 0.25) is 0 Å². The minimum Gasteiger partial charge on any atom is -0.433 e. The van der Waals surface area contributed by atoms with Crippen LogP contribution in [0.4, 0.5) is 14.6 Å². The van der Waals surface area contributed by atoms with E-state index < -0.39 is 17.4 Å². The second kappa shape index (κ2) is 11.7. The van der Waals surface area contributed by atoms with Gasteiger partial charge in [-0.2, -0.15) is 5.10 Å². The quantitative estimate of drug-likeness (QED) is 0.218. The standard InChI is InChI=1S/C33H32F2N6O4/c1-18-11-30(45-32-24(34)3-2-4-25(32)35)37-16-28(18)41-33(36)23(15-38-41)31(43)27-14-20-12-22-19(13-26(20)39-27)5-8-40(29(22)17-42)21-6-9-44-10-7-21/h2-4,11-16,21,29,39,42H,5-10,17,36H2,1H3. The number of rotatable bonds is 7. The number of hydrogen-bond donors (Lipinski definition) is 3. The van der Waals surface area contributed by atoms with Crippen LogP contribution in [0.15, 0.2) is 54.9 Å². The average Bonchev–Trinajstić information content (AvgIpc) is 3.64. The first-order chi connectivity index (χ1) is 21.8. The number of nitrogens with one attached hydrogen (secondary N) is 1. The third kappa shape index (κ3) is 5.24. The molecule has 0 aliphatic carbocycles. The second-order valence-electron chi connectivity index (χ2n) is 11.5. The van der Waals surface area contributed by atoms with E-state index in [1.165, 1.54) is 29.2 Å². The summed E-state index contributed by atoms with van der Waals surface area (Å²) in [5.41, 5.74) is 11.2. The number of anilines is 1. The van der Waals surface area contributed by atoms with E-state index in [1.807, 2.05) is 0 Å². The molecule has 1 unspecified atom stereocenters. The van der Waals surface area contributed by atoms with Crippen LogP contribution in [-0.2, 0) is 11.2 Å². The molecule has 0 amide bonds. The lowest BCUT2D eigenvalue weighted by Crippen LogP contribution is -2.46. The molecule has 4 N–H and O–H groups in total. The normalized spacial score (nSPS) is 17.5. The fraction of sp³-hybridized carbons (Fsp3) is 0.303. The fourth-order valence-electron chi connectivity index (χ4n) is 6.49. The number of nitrogens with two attached hydrogens (primary N) is 1. The number of aromatic amines is 1. The molecule has 3 aromatic heterocycles. The van der Waals surface area contributed by atoms with E-state index in [0.717, 1.165) is 73.2 Å². The zero-order valence-electron chi connectivity index (χ0n) is 24.6. The van der Waals surface area contributed by atoms with Gasteiger partial charge < -0.3 is 25.3 Å². The Morgan fingerprint density at radius 3 is 2.67 bits per heavy atom. The molecule has 0 spiro atoms. The number of aliphatic hydroxyl groups is 1. The molecule has 2 aliphatic heterocycles. The topological polar surface area (TPSA) is 132 Å². The molecular formula is C33H32F2N6O4. The summed E-state index contributed by atoms with van der Waals surface area (Å²) in [6, 6.07) is 11.2. The predicted molar refractivity (Wildman–Crippen MR) is 163 cm³/mol. The number of ether oxygens (including phenoxy) is 2. The van der Waals surface area contributed by atoms with Crippen molar-refractivity contribution in [3.63, 3.8) is 0 Å². The monoisotopic (exact) mass is 614 g/mol. The van der Waals surface area contributed by atoms with Gasteiger partial charge in [-0.05, 0) is 73.2 Å². The zero-order chi connectivity index (χ0) is 31.2. The van der Waals surface area contributed by atoms with Gasteiger partial charge in [-0.3, -0.25) is 9.69 Å². The number of carbonyl (C=O) groups is 1. The van der Waals surface area contributed by atoms with Gasteiger partial charge in [0.15, 0.2) is 11.6 Å². The molecule has 1 fully saturated rings. The first-order valence-electron chi connectivity index (χ1n) is 14.9. The van der Waals surface area contributed by atoms with Crippen LogP contribution in [0, 0.1) is 18.6 Å². The smallest absolute Gasteiger partial charge is 0.219 e. The van der Waals surface area contributed by atoms with Gasteiger partial charge in [-0.15, -0.1) is 0 Å². The first-order valence-corrected chi connectivity index (χ1v) is 14.9. The molecule has 45 heavy (non-hydrogen) atoms. The van der Waals surface area contributed by atoms with Crippen LogP contribution in [0.5, 0.6) is 11.6 Å². The number of aryl methyl sites for hydroxylation is 1. The Bertz CT molecular complexity index is 1890. The molecule has 2 aromatic carbocycles. The number of para-hydroxylation sites is 1. The van der Waals surface area contributed by atoms with Gasteiger partial charge in [0, 0.05) is 42.8 Å². The molecule has 5 heterocycles. The second-order valence-corrected chi connectivity index (χ2v) is 11.5. The van der Waals surface area contributed by atoms with Crippen LogP contribution in [0.3, 0.4) is 0 Å². The minimum atomic E-state index is -0.847. The molecular weight excluding hydrogens is 582 g/mol. The molecule has 0 radical (unpaired) electrons. The van der Waals surface area contributed by atoms with Gasteiger partial charge in [0.25, 0.3) is 0 Å². The SMILES string of the molecule is Cc1cc(Oc2c(F)cccc2F)ncc1-n1ncc(C(=O)c2cc3cc4c(cc3[nH]2)CCN(C2CCOCC2)C4CO)c1N. The molecule has 2 aliphatic rings. The van der Waals surface area contributed by atoms with Crippen molar-refractivity contribution in [3.8, 4) is 17.3 Å². The molecule has 12 heteroatoms. The van der Waals surface area contributed by atoms with E-state index in [-0.39, 0.29) is 35.7 Å². The number of nitrogen functional groups attached to an aromatic ring is 1. The number of pyridine rings is 1. The summed E-state index contributed by atoms with van der Waals surface area (Å²) in [7, 11) is 0. The van der Waals surface area contributed by atoms with Gasteiger partial charge in [0.1, 0.15) is 5.82 Å². The van der Waals surface area contributed by atoms with E-state index in [9.17, 15) is 18.7 Å². The summed E-state index contributed by atoms with van der Waals surface area (Å²) >= 11 is 0. The average molecular weight is 615 g/mol. The third-order valence-electron chi connectivity index (χ3n) is 8.82. The Kier molecular flexibility index (Phi) is 7.56. The van der Waals surface area contributed by atoms with E-state index >= 15 is 0 Å². The number of fused-ring (bicyclic) bond motifs is 2. The number of aliphatic hydroxyl groups excluding tert-OH is 1.